The van der Waals surface area contributed by atoms with Crippen LogP contribution in [0.25, 0.3) is 11.1 Å². The molecule has 6 nitrogen and oxygen atoms in total. The summed E-state index contributed by atoms with van der Waals surface area (Å²) in [6.07, 6.45) is 1.07. The zero-order valence-electron chi connectivity index (χ0n) is 20.9. The van der Waals surface area contributed by atoms with Crippen LogP contribution in [0, 0.1) is 31.5 Å². The summed E-state index contributed by atoms with van der Waals surface area (Å²) in [7, 11) is 0. The highest BCUT2D eigenvalue weighted by molar-refractivity contribution is 6.02. The topological polar surface area (TPSA) is 67.9 Å². The Hall–Kier alpha value is -3.87. The van der Waals surface area contributed by atoms with Crippen molar-refractivity contribution in [3.8, 4) is 22.6 Å². The van der Waals surface area contributed by atoms with Gasteiger partial charge in [-0.2, -0.15) is 0 Å². The maximum Gasteiger partial charge on any atom is 0.255 e. The van der Waals surface area contributed by atoms with Crippen LogP contribution in [0.5, 0.6) is 11.5 Å². The minimum Gasteiger partial charge on any atom is -0.486 e. The lowest BCUT2D eigenvalue weighted by molar-refractivity contribution is 0.0695. The molecular weight excluding hydrogens is 471 g/mol. The number of fused-ring (bicyclic) bond motifs is 2. The largest absolute Gasteiger partial charge is 0.486 e. The van der Waals surface area contributed by atoms with Gasteiger partial charge in [0.2, 0.25) is 0 Å². The van der Waals surface area contributed by atoms with E-state index in [1.54, 1.807) is 37.3 Å². The van der Waals surface area contributed by atoms with Crippen molar-refractivity contribution in [1.29, 1.82) is 0 Å². The van der Waals surface area contributed by atoms with E-state index in [2.05, 4.69) is 5.32 Å². The molecule has 0 unspecified atom stereocenters. The molecule has 3 aromatic carbocycles. The number of ether oxygens (including phenoxy) is 2. The molecule has 0 radical (unpaired) electrons. The van der Waals surface area contributed by atoms with Gasteiger partial charge in [0, 0.05) is 18.7 Å². The molecule has 1 aliphatic carbocycles. The lowest BCUT2D eigenvalue weighted by Gasteiger charge is -2.29. The van der Waals surface area contributed by atoms with Gasteiger partial charge in [-0.1, -0.05) is 29.8 Å². The predicted octanol–water partition coefficient (Wildman–Crippen LogP) is 4.77. The molecular formula is C30H29FN2O4. The van der Waals surface area contributed by atoms with Crippen molar-refractivity contribution in [2.24, 2.45) is 11.8 Å². The first-order chi connectivity index (χ1) is 17.9. The zero-order valence-corrected chi connectivity index (χ0v) is 20.9. The highest BCUT2D eigenvalue weighted by atomic mass is 19.1. The first-order valence-corrected chi connectivity index (χ1v) is 12.8. The number of hydrogen-bond acceptors (Lipinski definition) is 4. The number of carbonyl (C=O) groups excluding carboxylic acids is 2. The minimum atomic E-state index is -0.267. The minimum absolute atomic E-state index is 0.0581. The van der Waals surface area contributed by atoms with E-state index in [9.17, 15) is 14.0 Å². The monoisotopic (exact) mass is 500 g/mol. The number of nitrogens with one attached hydrogen (secondary N) is 1. The van der Waals surface area contributed by atoms with E-state index in [-0.39, 0.29) is 23.7 Å². The fraction of sp³-hybridized carbons (Fsp3) is 0.333. The second kappa shape index (κ2) is 9.21. The van der Waals surface area contributed by atoms with Gasteiger partial charge in [0.05, 0.1) is 11.6 Å². The second-order valence-corrected chi connectivity index (χ2v) is 10.2. The van der Waals surface area contributed by atoms with Crippen molar-refractivity contribution < 1.29 is 23.5 Å². The van der Waals surface area contributed by atoms with Gasteiger partial charge >= 0.3 is 0 Å². The summed E-state index contributed by atoms with van der Waals surface area (Å²) >= 11 is 0. The quantitative estimate of drug-likeness (QED) is 0.548. The Morgan fingerprint density at radius 1 is 1.03 bits per heavy atom. The van der Waals surface area contributed by atoms with Crippen molar-refractivity contribution >= 4 is 11.8 Å². The van der Waals surface area contributed by atoms with Crippen LogP contribution in [-0.4, -0.2) is 49.1 Å². The van der Waals surface area contributed by atoms with Gasteiger partial charge in [-0.25, -0.2) is 4.39 Å². The molecule has 1 saturated heterocycles. The molecule has 37 heavy (non-hydrogen) atoms. The van der Waals surface area contributed by atoms with Crippen LogP contribution in [0.2, 0.25) is 0 Å². The molecule has 7 heteroatoms. The van der Waals surface area contributed by atoms with Crippen LogP contribution in [0.4, 0.5) is 4.39 Å². The number of benzene rings is 3. The Labute approximate surface area is 215 Å². The van der Waals surface area contributed by atoms with Gasteiger partial charge in [-0.15, -0.1) is 0 Å². The van der Waals surface area contributed by atoms with E-state index < -0.39 is 0 Å². The Bertz CT molecular complexity index is 1400. The summed E-state index contributed by atoms with van der Waals surface area (Å²) in [5, 5.41) is 3.04. The van der Waals surface area contributed by atoms with Crippen molar-refractivity contribution in [3.63, 3.8) is 0 Å². The zero-order chi connectivity index (χ0) is 25.7. The number of para-hydroxylation sites is 1. The molecule has 0 spiro atoms. The summed E-state index contributed by atoms with van der Waals surface area (Å²) in [6, 6.07) is 15.9. The SMILES string of the molecule is Cc1ccc(C(=O)N2C[C@H]3C[C@H]3[C@H]2CNC(=O)c2cccc3c2OCCO3)c(-c2ccc(F)c(C)c2)c1. The summed E-state index contributed by atoms with van der Waals surface area (Å²) < 4.78 is 25.2. The number of hydrogen-bond donors (Lipinski definition) is 1. The molecule has 190 valence electrons. The number of amides is 2. The molecule has 0 bridgehead atoms. The number of nitrogens with zero attached hydrogens (tertiary/aromatic N) is 1. The Morgan fingerprint density at radius 2 is 1.86 bits per heavy atom. The second-order valence-electron chi connectivity index (χ2n) is 10.2. The third-order valence-corrected chi connectivity index (χ3v) is 7.72. The average Bonchev–Trinajstić information content (AvgIpc) is 3.59. The molecule has 1 saturated carbocycles. The van der Waals surface area contributed by atoms with E-state index in [0.717, 1.165) is 23.1 Å². The average molecular weight is 501 g/mol. The van der Waals surface area contributed by atoms with Crippen LogP contribution in [0.3, 0.4) is 0 Å². The molecule has 3 aliphatic rings. The lowest BCUT2D eigenvalue weighted by atomic mass is 9.95. The molecule has 3 atom stereocenters. The summed E-state index contributed by atoms with van der Waals surface area (Å²) in [5.74, 6) is 1.32. The normalized spacial score (nSPS) is 21.4. The summed E-state index contributed by atoms with van der Waals surface area (Å²) in [4.78, 5) is 28.9. The number of halogens is 1. The first kappa shape index (κ1) is 23.5. The van der Waals surface area contributed by atoms with Crippen LogP contribution >= 0.6 is 0 Å². The Morgan fingerprint density at radius 3 is 2.70 bits per heavy atom. The molecule has 2 amide bonds. The van der Waals surface area contributed by atoms with E-state index in [1.807, 2.05) is 30.0 Å². The Kier molecular flexibility index (Phi) is 5.86. The number of likely N-dealkylation sites (tertiary alicyclic amines) is 1. The third kappa shape index (κ3) is 4.32. The van der Waals surface area contributed by atoms with Crippen molar-refractivity contribution in [2.75, 3.05) is 26.3 Å². The predicted molar refractivity (Wildman–Crippen MR) is 137 cm³/mol. The van der Waals surface area contributed by atoms with Crippen LogP contribution in [0.1, 0.15) is 38.3 Å². The van der Waals surface area contributed by atoms with Crippen LogP contribution < -0.4 is 14.8 Å². The summed E-state index contributed by atoms with van der Waals surface area (Å²) in [5.41, 5.74) is 4.21. The van der Waals surface area contributed by atoms with Crippen molar-refractivity contribution in [3.05, 3.63) is 82.7 Å². The van der Waals surface area contributed by atoms with Gasteiger partial charge in [0.1, 0.15) is 19.0 Å². The van der Waals surface area contributed by atoms with E-state index >= 15 is 0 Å². The molecule has 0 aromatic heterocycles. The number of aryl methyl sites for hydroxylation is 2. The van der Waals surface area contributed by atoms with Gasteiger partial charge < -0.3 is 19.7 Å². The molecule has 2 fully saturated rings. The van der Waals surface area contributed by atoms with Crippen LogP contribution in [0.15, 0.2) is 54.6 Å². The summed E-state index contributed by atoms with van der Waals surface area (Å²) in [6.45, 7) is 5.61. The van der Waals surface area contributed by atoms with Gasteiger partial charge in [-0.3, -0.25) is 9.59 Å². The standard InChI is InChI=1S/C30H29FN2O4/c1-17-6-8-21(23(12-17)19-7-9-25(31)18(2)13-19)30(35)33-16-20-14-24(20)26(33)15-32-29(34)22-4-3-5-27-28(22)37-11-10-36-27/h3-9,12-13,20,24,26H,10-11,14-16H2,1-2H3,(H,32,34)/t20-,24-,26-/m1/s1. The number of carbonyl (C=O) groups is 2. The van der Waals surface area contributed by atoms with Crippen LogP contribution in [-0.2, 0) is 0 Å². The Balaban J connectivity index is 1.24. The molecule has 1 N–H and O–H groups in total. The van der Waals surface area contributed by atoms with E-state index in [1.165, 1.54) is 6.07 Å². The lowest BCUT2D eigenvalue weighted by Crippen LogP contribution is -2.45. The smallest absolute Gasteiger partial charge is 0.255 e. The fourth-order valence-electron chi connectivity index (χ4n) is 5.66. The molecule has 3 aromatic rings. The third-order valence-electron chi connectivity index (χ3n) is 7.72. The van der Waals surface area contributed by atoms with Gasteiger partial charge in [-0.05, 0) is 79.1 Å². The highest BCUT2D eigenvalue weighted by Crippen LogP contribution is 2.50. The van der Waals surface area contributed by atoms with Gasteiger partial charge in [0.25, 0.3) is 11.8 Å². The highest BCUT2D eigenvalue weighted by Gasteiger charge is 2.54. The fourth-order valence-corrected chi connectivity index (χ4v) is 5.66. The maximum atomic E-state index is 13.9. The van der Waals surface area contributed by atoms with Crippen molar-refractivity contribution in [1.82, 2.24) is 10.2 Å². The number of piperidine rings is 1. The molecule has 6 rings (SSSR count). The van der Waals surface area contributed by atoms with E-state index in [0.29, 0.717) is 66.3 Å². The number of rotatable bonds is 5. The molecule has 2 aliphatic heterocycles. The van der Waals surface area contributed by atoms with E-state index in [4.69, 9.17) is 9.47 Å². The van der Waals surface area contributed by atoms with Gasteiger partial charge in [0.15, 0.2) is 11.5 Å². The van der Waals surface area contributed by atoms with Crippen molar-refractivity contribution in [2.45, 2.75) is 26.3 Å². The maximum absolute atomic E-state index is 13.9. The molecule has 2 heterocycles. The first-order valence-electron chi connectivity index (χ1n) is 12.8.